The van der Waals surface area contributed by atoms with E-state index in [1.165, 1.54) is 28.4 Å². The number of aliphatic hydroxyl groups excluding tert-OH is 1. The number of halogens is 3. The van der Waals surface area contributed by atoms with Gasteiger partial charge in [-0.05, 0) is 17.7 Å². The number of nitrogens with zero attached hydrogens (tertiary/aromatic N) is 3. The summed E-state index contributed by atoms with van der Waals surface area (Å²) in [5.41, 5.74) is 0.891. The van der Waals surface area contributed by atoms with Crippen molar-refractivity contribution in [2.24, 2.45) is 0 Å². The first kappa shape index (κ1) is 17.3. The Morgan fingerprint density at radius 2 is 1.96 bits per heavy atom. The fourth-order valence-corrected chi connectivity index (χ4v) is 3.02. The number of carbonyl (C=O) groups excluding carboxylic acids is 1. The van der Waals surface area contributed by atoms with Gasteiger partial charge in [0.25, 0.3) is 0 Å². The lowest BCUT2D eigenvalue weighted by Crippen LogP contribution is -2.04. The third-order valence-corrected chi connectivity index (χ3v) is 4.30. The minimum absolute atomic E-state index is 0.0420. The summed E-state index contributed by atoms with van der Waals surface area (Å²) < 4.78 is 40.9. The van der Waals surface area contributed by atoms with Gasteiger partial charge in [0, 0.05) is 18.1 Å². The van der Waals surface area contributed by atoms with Gasteiger partial charge in [-0.2, -0.15) is 0 Å². The van der Waals surface area contributed by atoms with E-state index in [1.54, 1.807) is 5.38 Å². The molecule has 1 N–H and O–H groups in total. The Bertz CT molecular complexity index is 900. The van der Waals surface area contributed by atoms with Crippen molar-refractivity contribution in [3.8, 4) is 0 Å². The Morgan fingerprint density at radius 3 is 2.60 bits per heavy atom. The van der Waals surface area contributed by atoms with E-state index in [4.69, 9.17) is 5.11 Å². The van der Waals surface area contributed by atoms with Crippen LogP contribution < -0.4 is 0 Å². The van der Waals surface area contributed by atoms with Gasteiger partial charge in [-0.1, -0.05) is 0 Å². The third kappa shape index (κ3) is 3.94. The molecule has 9 heteroatoms. The summed E-state index contributed by atoms with van der Waals surface area (Å²) >= 11 is 1.27. The van der Waals surface area contributed by atoms with Crippen LogP contribution in [0.5, 0.6) is 0 Å². The number of aliphatic hydroxyl groups is 1. The van der Waals surface area contributed by atoms with E-state index in [-0.39, 0.29) is 36.6 Å². The molecule has 0 fully saturated rings. The molecule has 0 saturated heterocycles. The Morgan fingerprint density at radius 1 is 1.24 bits per heavy atom. The number of benzene rings is 1. The molecule has 0 unspecified atom stereocenters. The molecule has 0 saturated carbocycles. The highest BCUT2D eigenvalue weighted by Gasteiger charge is 2.14. The fraction of sp³-hybridized carbons (Fsp3) is 0.188. The maximum Gasteiger partial charge on any atom is 0.194 e. The summed E-state index contributed by atoms with van der Waals surface area (Å²) in [5, 5.41) is 11.2. The summed E-state index contributed by atoms with van der Waals surface area (Å²) in [4.78, 5) is 20.3. The molecule has 0 aliphatic carbocycles. The van der Waals surface area contributed by atoms with Crippen LogP contribution in [-0.4, -0.2) is 25.4 Å². The van der Waals surface area contributed by atoms with Crippen molar-refractivity contribution in [1.29, 1.82) is 0 Å². The van der Waals surface area contributed by atoms with E-state index < -0.39 is 17.5 Å². The maximum atomic E-state index is 13.2. The number of hydrogen-bond donors (Lipinski definition) is 1. The van der Waals surface area contributed by atoms with Crippen molar-refractivity contribution in [1.82, 2.24) is 14.5 Å². The van der Waals surface area contributed by atoms with Crippen molar-refractivity contribution in [2.75, 3.05) is 0 Å². The van der Waals surface area contributed by atoms with E-state index in [9.17, 15) is 18.0 Å². The second-order valence-electron chi connectivity index (χ2n) is 5.30. The van der Waals surface area contributed by atoms with Gasteiger partial charge in [0.15, 0.2) is 23.2 Å². The molecule has 3 rings (SSSR count). The lowest BCUT2D eigenvalue weighted by atomic mass is 10.2. The highest BCUT2D eigenvalue weighted by molar-refractivity contribution is 7.09. The number of imidazole rings is 1. The van der Waals surface area contributed by atoms with E-state index in [0.29, 0.717) is 10.7 Å². The SMILES string of the molecule is O=C(Cc1nc(CO)cs1)c1cn(Cc2cc(F)c(F)c(F)c2)cn1. The van der Waals surface area contributed by atoms with E-state index in [0.717, 1.165) is 12.1 Å². The number of Topliss-reactive ketones (excluding diaryl/α,β-unsaturated/α-hetero) is 1. The fourth-order valence-electron chi connectivity index (χ4n) is 2.23. The molecule has 0 bridgehead atoms. The maximum absolute atomic E-state index is 13.2. The highest BCUT2D eigenvalue weighted by atomic mass is 32.1. The molecule has 0 radical (unpaired) electrons. The first-order chi connectivity index (χ1) is 12.0. The van der Waals surface area contributed by atoms with Crippen LogP contribution in [0.25, 0.3) is 0 Å². The zero-order valence-corrected chi connectivity index (χ0v) is 13.6. The van der Waals surface area contributed by atoms with Gasteiger partial charge < -0.3 is 9.67 Å². The number of rotatable bonds is 6. The molecule has 0 amide bonds. The number of ketones is 1. The summed E-state index contributed by atoms with van der Waals surface area (Å²) in [6.45, 7) is -0.148. The molecule has 130 valence electrons. The van der Waals surface area contributed by atoms with Gasteiger partial charge in [-0.25, -0.2) is 23.1 Å². The van der Waals surface area contributed by atoms with Gasteiger partial charge in [0.1, 0.15) is 10.7 Å². The molecule has 2 aromatic heterocycles. The van der Waals surface area contributed by atoms with Crippen molar-refractivity contribution in [2.45, 2.75) is 19.6 Å². The molecule has 0 atom stereocenters. The van der Waals surface area contributed by atoms with Gasteiger partial charge in [0.2, 0.25) is 0 Å². The van der Waals surface area contributed by atoms with Gasteiger partial charge in [-0.15, -0.1) is 11.3 Å². The highest BCUT2D eigenvalue weighted by Crippen LogP contribution is 2.16. The van der Waals surface area contributed by atoms with Crippen LogP contribution in [0.4, 0.5) is 13.2 Å². The van der Waals surface area contributed by atoms with E-state index in [2.05, 4.69) is 9.97 Å². The summed E-state index contributed by atoms with van der Waals surface area (Å²) in [7, 11) is 0. The predicted molar refractivity (Wildman–Crippen MR) is 83.7 cm³/mol. The Labute approximate surface area is 144 Å². The molecule has 5 nitrogen and oxygen atoms in total. The number of aromatic nitrogens is 3. The lowest BCUT2D eigenvalue weighted by molar-refractivity contribution is 0.0988. The van der Waals surface area contributed by atoms with Gasteiger partial charge in [-0.3, -0.25) is 4.79 Å². The second kappa shape index (κ2) is 7.16. The van der Waals surface area contributed by atoms with Crippen molar-refractivity contribution in [3.63, 3.8) is 0 Å². The van der Waals surface area contributed by atoms with E-state index in [1.807, 2.05) is 0 Å². The summed E-state index contributed by atoms with van der Waals surface area (Å²) in [6, 6.07) is 1.79. The quantitative estimate of drug-likeness (QED) is 0.537. The Kier molecular flexibility index (Phi) is 4.95. The van der Waals surface area contributed by atoms with Crippen LogP contribution in [0, 0.1) is 17.5 Å². The molecule has 25 heavy (non-hydrogen) atoms. The zero-order chi connectivity index (χ0) is 18.0. The van der Waals surface area contributed by atoms with Crippen LogP contribution in [0.2, 0.25) is 0 Å². The number of thiazole rings is 1. The van der Waals surface area contributed by atoms with Crippen molar-refractivity contribution >= 4 is 17.1 Å². The number of hydrogen-bond acceptors (Lipinski definition) is 5. The molecular formula is C16H12F3N3O2S. The number of carbonyl (C=O) groups is 1. The Balaban J connectivity index is 1.70. The lowest BCUT2D eigenvalue weighted by Gasteiger charge is -2.04. The second-order valence-corrected chi connectivity index (χ2v) is 6.24. The average molecular weight is 367 g/mol. The molecule has 1 aromatic carbocycles. The minimum Gasteiger partial charge on any atom is -0.390 e. The van der Waals surface area contributed by atoms with Crippen LogP contribution in [0.15, 0.2) is 30.0 Å². The molecule has 0 aliphatic rings. The predicted octanol–water partition coefficient (Wildman–Crippen LogP) is 2.72. The summed E-state index contributed by atoms with van der Waals surface area (Å²) in [6.07, 6.45) is 2.84. The standard InChI is InChI=1S/C16H12F3N3O2S/c17-11-1-9(2-12(18)16(11)19)4-22-5-13(20-8-22)14(24)3-15-21-10(6-23)7-25-15/h1-2,5,7-8,23H,3-4,6H2. The van der Waals surface area contributed by atoms with Gasteiger partial charge >= 0.3 is 0 Å². The molecule has 0 aliphatic heterocycles. The van der Waals surface area contributed by atoms with Crippen LogP contribution in [0.3, 0.4) is 0 Å². The average Bonchev–Trinajstić information content (AvgIpc) is 3.22. The normalized spacial score (nSPS) is 11.0. The smallest absolute Gasteiger partial charge is 0.194 e. The van der Waals surface area contributed by atoms with Crippen LogP contribution in [0.1, 0.15) is 26.8 Å². The molecule has 3 aromatic rings. The summed E-state index contributed by atoms with van der Waals surface area (Å²) in [5.74, 6) is -4.32. The van der Waals surface area contributed by atoms with Gasteiger partial charge in [0.05, 0.1) is 25.0 Å². The van der Waals surface area contributed by atoms with E-state index >= 15 is 0 Å². The molecule has 2 heterocycles. The minimum atomic E-state index is -1.52. The monoisotopic (exact) mass is 367 g/mol. The van der Waals surface area contributed by atoms with Crippen LogP contribution >= 0.6 is 11.3 Å². The van der Waals surface area contributed by atoms with Crippen molar-refractivity contribution in [3.05, 3.63) is 69.4 Å². The third-order valence-electron chi connectivity index (χ3n) is 3.40. The Hall–Kier alpha value is -2.52. The zero-order valence-electron chi connectivity index (χ0n) is 12.7. The van der Waals surface area contributed by atoms with Crippen LogP contribution in [-0.2, 0) is 19.6 Å². The molecular weight excluding hydrogens is 355 g/mol. The largest absolute Gasteiger partial charge is 0.390 e. The van der Waals surface area contributed by atoms with Crippen molar-refractivity contribution < 1.29 is 23.1 Å². The first-order valence-electron chi connectivity index (χ1n) is 7.19. The first-order valence-corrected chi connectivity index (χ1v) is 8.06. The molecule has 0 spiro atoms. The topological polar surface area (TPSA) is 68.0 Å².